The maximum absolute atomic E-state index is 11.9. The Labute approximate surface area is 147 Å². The molecule has 2 heterocycles. The first kappa shape index (κ1) is 16.0. The van der Waals surface area contributed by atoms with Gasteiger partial charge in [0.15, 0.2) is 10.8 Å². The minimum absolute atomic E-state index is 0.561. The quantitative estimate of drug-likeness (QED) is 0.864. The monoisotopic (exact) mass is 340 g/mol. The molecule has 0 spiro atoms. The van der Waals surface area contributed by atoms with Crippen molar-refractivity contribution in [2.24, 2.45) is 0 Å². The lowest BCUT2D eigenvalue weighted by Crippen LogP contribution is -2.34. The molecule has 2 aromatic carbocycles. The highest BCUT2D eigenvalue weighted by Gasteiger charge is 2.24. The van der Waals surface area contributed by atoms with Crippen molar-refractivity contribution in [3.05, 3.63) is 59.7 Å². The van der Waals surface area contributed by atoms with Gasteiger partial charge >= 0.3 is 0 Å². The van der Waals surface area contributed by atoms with E-state index in [-0.39, 0.29) is 0 Å². The zero-order valence-electron chi connectivity index (χ0n) is 13.9. The van der Waals surface area contributed by atoms with Gasteiger partial charge in [-0.1, -0.05) is 36.4 Å². The highest BCUT2D eigenvalue weighted by Crippen LogP contribution is 2.30. The molecule has 2 aliphatic heterocycles. The third-order valence-electron chi connectivity index (χ3n) is 5.26. The van der Waals surface area contributed by atoms with Crippen molar-refractivity contribution in [3.63, 3.8) is 0 Å². The van der Waals surface area contributed by atoms with Crippen LogP contribution in [0, 0.1) is 0 Å². The van der Waals surface area contributed by atoms with Crippen molar-refractivity contribution < 1.29 is 4.55 Å². The van der Waals surface area contributed by atoms with Crippen LogP contribution >= 0.6 is 0 Å². The molecule has 0 aromatic heterocycles. The van der Waals surface area contributed by atoms with Crippen molar-refractivity contribution in [3.8, 4) is 0 Å². The van der Waals surface area contributed by atoms with Crippen LogP contribution in [0.3, 0.4) is 0 Å². The minimum atomic E-state index is -0.867. The number of nitrogens with zero attached hydrogens (tertiary/aromatic N) is 1. The van der Waals surface area contributed by atoms with Crippen molar-refractivity contribution in [1.82, 2.24) is 4.90 Å². The first-order chi connectivity index (χ1) is 11.8. The zero-order chi connectivity index (χ0) is 16.4. The average molecular weight is 340 g/mol. The van der Waals surface area contributed by atoms with Crippen LogP contribution in [0.25, 0.3) is 0 Å². The first-order valence-electron chi connectivity index (χ1n) is 8.82. The van der Waals surface area contributed by atoms with Crippen LogP contribution in [0.4, 0.5) is 5.69 Å². The molecular weight excluding hydrogens is 316 g/mol. The Balaban J connectivity index is 1.30. The Morgan fingerprint density at radius 2 is 1.88 bits per heavy atom. The van der Waals surface area contributed by atoms with E-state index >= 15 is 0 Å². The van der Waals surface area contributed by atoms with Crippen LogP contribution in [0.1, 0.15) is 29.9 Å². The van der Waals surface area contributed by atoms with Crippen LogP contribution in [0.5, 0.6) is 0 Å². The standard InChI is InChI=1S/C20H24N2OS/c23-24-15-21-19-7-6-16(14-20(19)24)8-11-22-12-9-18(10-13-22)17-4-2-1-3-5-17/h1-7,14,18,21H,8-13,15H2. The Morgan fingerprint density at radius 3 is 2.67 bits per heavy atom. The largest absolute Gasteiger partial charge is 0.610 e. The molecule has 1 unspecified atom stereocenters. The lowest BCUT2D eigenvalue weighted by molar-refractivity contribution is 0.214. The van der Waals surface area contributed by atoms with Crippen molar-refractivity contribution in [2.45, 2.75) is 30.1 Å². The molecule has 126 valence electrons. The molecule has 0 aliphatic carbocycles. The topological polar surface area (TPSA) is 38.3 Å². The number of benzene rings is 2. The molecule has 1 fully saturated rings. The Kier molecular flexibility index (Phi) is 4.79. The molecule has 4 heteroatoms. The molecule has 3 nitrogen and oxygen atoms in total. The molecule has 0 amide bonds. The van der Waals surface area contributed by atoms with Gasteiger partial charge < -0.3 is 14.8 Å². The van der Waals surface area contributed by atoms with Crippen LogP contribution < -0.4 is 5.32 Å². The van der Waals surface area contributed by atoms with Gasteiger partial charge in [0.25, 0.3) is 0 Å². The van der Waals surface area contributed by atoms with Gasteiger partial charge in [0.05, 0.1) is 5.69 Å². The summed E-state index contributed by atoms with van der Waals surface area (Å²) in [4.78, 5) is 3.55. The number of likely N-dealkylation sites (tertiary alicyclic amines) is 1. The maximum atomic E-state index is 11.9. The van der Waals surface area contributed by atoms with Gasteiger partial charge in [0.1, 0.15) is 0 Å². The number of anilines is 1. The summed E-state index contributed by atoms with van der Waals surface area (Å²) in [6.07, 6.45) is 3.55. The fourth-order valence-corrected chi connectivity index (χ4v) is 4.89. The van der Waals surface area contributed by atoms with Gasteiger partial charge in [-0.3, -0.25) is 0 Å². The summed E-state index contributed by atoms with van der Waals surface area (Å²) >= 11 is -0.867. The highest BCUT2D eigenvalue weighted by molar-refractivity contribution is 7.92. The normalized spacial score (nSPS) is 21.5. The smallest absolute Gasteiger partial charge is 0.181 e. The van der Waals surface area contributed by atoms with E-state index in [1.54, 1.807) is 0 Å². The SMILES string of the molecule is [O-][S+]1CNc2ccc(CCN3CCC(c4ccccc4)CC3)cc21. The van der Waals surface area contributed by atoms with Gasteiger partial charge in [0.2, 0.25) is 0 Å². The van der Waals surface area contributed by atoms with Gasteiger partial charge in [-0.25, -0.2) is 0 Å². The van der Waals surface area contributed by atoms with E-state index in [9.17, 15) is 4.55 Å². The van der Waals surface area contributed by atoms with Gasteiger partial charge in [-0.15, -0.1) is 0 Å². The highest BCUT2D eigenvalue weighted by atomic mass is 32.2. The molecule has 0 bridgehead atoms. The van der Waals surface area contributed by atoms with Crippen molar-refractivity contribution in [2.75, 3.05) is 30.8 Å². The molecule has 2 aromatic rings. The van der Waals surface area contributed by atoms with Crippen LogP contribution in [0.2, 0.25) is 0 Å². The predicted octanol–water partition coefficient (Wildman–Crippen LogP) is 3.60. The molecule has 0 saturated carbocycles. The molecule has 0 radical (unpaired) electrons. The third-order valence-corrected chi connectivity index (χ3v) is 6.50. The zero-order valence-corrected chi connectivity index (χ0v) is 14.7. The summed E-state index contributed by atoms with van der Waals surface area (Å²) in [6.45, 7) is 3.45. The Bertz CT molecular complexity index is 683. The van der Waals surface area contributed by atoms with E-state index in [1.807, 2.05) is 0 Å². The summed E-state index contributed by atoms with van der Waals surface area (Å²) in [5.41, 5.74) is 3.84. The van der Waals surface area contributed by atoms with Crippen LogP contribution in [-0.4, -0.2) is 35.0 Å². The molecule has 1 atom stereocenters. The second kappa shape index (κ2) is 7.18. The van der Waals surface area contributed by atoms with E-state index in [0.29, 0.717) is 5.88 Å². The molecule has 1 N–H and O–H groups in total. The minimum Gasteiger partial charge on any atom is -0.610 e. The summed E-state index contributed by atoms with van der Waals surface area (Å²) < 4.78 is 11.9. The van der Waals surface area contributed by atoms with Crippen LogP contribution in [-0.2, 0) is 17.6 Å². The number of rotatable bonds is 4. The van der Waals surface area contributed by atoms with E-state index < -0.39 is 11.2 Å². The van der Waals surface area contributed by atoms with Crippen molar-refractivity contribution >= 4 is 16.9 Å². The molecule has 4 rings (SSSR count). The van der Waals surface area contributed by atoms with E-state index in [4.69, 9.17) is 0 Å². The average Bonchev–Trinajstić information content (AvgIpc) is 3.02. The molecular formula is C20H24N2OS. The lowest BCUT2D eigenvalue weighted by atomic mass is 9.89. The second-order valence-corrected chi connectivity index (χ2v) is 8.19. The van der Waals surface area contributed by atoms with Crippen LogP contribution in [0.15, 0.2) is 53.4 Å². The first-order valence-corrected chi connectivity index (χ1v) is 10.1. The lowest BCUT2D eigenvalue weighted by Gasteiger charge is -2.32. The third kappa shape index (κ3) is 3.46. The number of hydrogen-bond acceptors (Lipinski definition) is 3. The fraction of sp³-hybridized carbons (Fsp3) is 0.400. The summed E-state index contributed by atoms with van der Waals surface area (Å²) in [5, 5.41) is 3.19. The van der Waals surface area contributed by atoms with E-state index in [0.717, 1.165) is 29.5 Å². The molecule has 2 aliphatic rings. The Hall–Kier alpha value is -1.49. The van der Waals surface area contributed by atoms with Crippen molar-refractivity contribution in [1.29, 1.82) is 0 Å². The van der Waals surface area contributed by atoms with Gasteiger partial charge in [-0.2, -0.15) is 0 Å². The predicted molar refractivity (Wildman–Crippen MR) is 99.9 cm³/mol. The number of nitrogens with one attached hydrogen (secondary N) is 1. The fourth-order valence-electron chi connectivity index (χ4n) is 3.78. The number of hydrogen-bond donors (Lipinski definition) is 1. The van der Waals surface area contributed by atoms with Gasteiger partial charge in [0, 0.05) is 17.7 Å². The molecule has 1 saturated heterocycles. The maximum Gasteiger partial charge on any atom is 0.181 e. The number of piperidine rings is 1. The van der Waals surface area contributed by atoms with Gasteiger partial charge in [-0.05, 0) is 61.5 Å². The summed E-state index contributed by atoms with van der Waals surface area (Å²) in [6, 6.07) is 17.3. The second-order valence-electron chi connectivity index (χ2n) is 6.77. The summed E-state index contributed by atoms with van der Waals surface area (Å²) in [5.74, 6) is 1.28. The number of fused-ring (bicyclic) bond motifs is 1. The van der Waals surface area contributed by atoms with E-state index in [2.05, 4.69) is 58.7 Å². The summed E-state index contributed by atoms with van der Waals surface area (Å²) in [7, 11) is 0. The molecule has 24 heavy (non-hydrogen) atoms. The Morgan fingerprint density at radius 1 is 1.08 bits per heavy atom. The van der Waals surface area contributed by atoms with E-state index in [1.165, 1.54) is 37.1 Å².